The second kappa shape index (κ2) is 5.40. The standard InChI is InChI=1S/C11H11ClF3NO/c12-9(4-5-10(16)17)7-2-1-3-8(6-7)11(13,14)15/h1-3,6,9H,4-5H2,(H2,16,17). The van der Waals surface area contributed by atoms with E-state index in [9.17, 15) is 18.0 Å². The molecule has 0 aliphatic carbocycles. The van der Waals surface area contributed by atoms with Crippen molar-refractivity contribution in [3.63, 3.8) is 0 Å². The molecule has 94 valence electrons. The molecule has 0 aliphatic rings. The van der Waals surface area contributed by atoms with Crippen LogP contribution in [0.25, 0.3) is 0 Å². The molecule has 1 aromatic carbocycles. The Morgan fingerprint density at radius 2 is 2.06 bits per heavy atom. The second-order valence-electron chi connectivity index (χ2n) is 3.60. The van der Waals surface area contributed by atoms with Gasteiger partial charge in [-0.05, 0) is 18.1 Å². The molecule has 0 spiro atoms. The molecular formula is C11H11ClF3NO. The van der Waals surface area contributed by atoms with Crippen LogP contribution in [0.2, 0.25) is 0 Å². The number of carbonyl (C=O) groups excluding carboxylic acids is 1. The maximum atomic E-state index is 12.4. The van der Waals surface area contributed by atoms with Gasteiger partial charge in [-0.25, -0.2) is 0 Å². The highest BCUT2D eigenvalue weighted by Gasteiger charge is 2.30. The fourth-order valence-electron chi connectivity index (χ4n) is 1.35. The number of hydrogen-bond acceptors (Lipinski definition) is 1. The fourth-order valence-corrected chi connectivity index (χ4v) is 1.59. The van der Waals surface area contributed by atoms with E-state index in [1.165, 1.54) is 12.1 Å². The van der Waals surface area contributed by atoms with Gasteiger partial charge in [-0.3, -0.25) is 4.79 Å². The molecule has 0 aromatic heterocycles. The molecule has 0 saturated heterocycles. The summed E-state index contributed by atoms with van der Waals surface area (Å²) in [6.07, 6.45) is -4.13. The van der Waals surface area contributed by atoms with Gasteiger partial charge in [-0.2, -0.15) is 13.2 Å². The summed E-state index contributed by atoms with van der Waals surface area (Å²) in [7, 11) is 0. The number of nitrogens with two attached hydrogens (primary N) is 1. The molecule has 2 N–H and O–H groups in total. The van der Waals surface area contributed by atoms with Gasteiger partial charge in [0.05, 0.1) is 10.9 Å². The first-order chi connectivity index (χ1) is 7.80. The van der Waals surface area contributed by atoms with Crippen molar-refractivity contribution in [2.24, 2.45) is 5.73 Å². The van der Waals surface area contributed by atoms with Crippen LogP contribution in [0, 0.1) is 0 Å². The molecule has 0 bridgehead atoms. The Hall–Kier alpha value is -1.23. The summed E-state index contributed by atoms with van der Waals surface area (Å²) < 4.78 is 37.3. The maximum Gasteiger partial charge on any atom is 0.416 e. The topological polar surface area (TPSA) is 43.1 Å². The zero-order chi connectivity index (χ0) is 13.1. The van der Waals surface area contributed by atoms with Crippen LogP contribution in [0.4, 0.5) is 13.2 Å². The van der Waals surface area contributed by atoms with Crippen molar-refractivity contribution in [2.45, 2.75) is 24.4 Å². The smallest absolute Gasteiger partial charge is 0.370 e. The van der Waals surface area contributed by atoms with Crippen molar-refractivity contribution >= 4 is 17.5 Å². The minimum absolute atomic E-state index is 0.0460. The Balaban J connectivity index is 2.81. The van der Waals surface area contributed by atoms with Gasteiger partial charge in [0.2, 0.25) is 5.91 Å². The number of halogens is 4. The van der Waals surface area contributed by atoms with E-state index in [0.29, 0.717) is 5.56 Å². The summed E-state index contributed by atoms with van der Waals surface area (Å²) in [6.45, 7) is 0. The molecule has 1 atom stereocenters. The van der Waals surface area contributed by atoms with Crippen molar-refractivity contribution in [2.75, 3.05) is 0 Å². The van der Waals surface area contributed by atoms with Gasteiger partial charge >= 0.3 is 6.18 Å². The van der Waals surface area contributed by atoms with Gasteiger partial charge in [-0.1, -0.05) is 18.2 Å². The molecule has 6 heteroatoms. The first-order valence-corrected chi connectivity index (χ1v) is 5.34. The largest absolute Gasteiger partial charge is 0.416 e. The van der Waals surface area contributed by atoms with Crippen molar-refractivity contribution in [3.05, 3.63) is 35.4 Å². The summed E-state index contributed by atoms with van der Waals surface area (Å²) in [4.78, 5) is 10.5. The molecule has 17 heavy (non-hydrogen) atoms. The summed E-state index contributed by atoms with van der Waals surface area (Å²) in [5.41, 5.74) is 4.53. The molecule has 2 nitrogen and oxygen atoms in total. The van der Waals surface area contributed by atoms with E-state index in [1.807, 2.05) is 0 Å². The predicted molar refractivity (Wildman–Crippen MR) is 58.5 cm³/mol. The first-order valence-electron chi connectivity index (χ1n) is 4.90. The lowest BCUT2D eigenvalue weighted by Crippen LogP contribution is -2.11. The number of primary amides is 1. The van der Waals surface area contributed by atoms with Crippen molar-refractivity contribution in [3.8, 4) is 0 Å². The molecular weight excluding hydrogens is 255 g/mol. The second-order valence-corrected chi connectivity index (χ2v) is 4.12. The van der Waals surface area contributed by atoms with E-state index in [2.05, 4.69) is 0 Å². The fraction of sp³-hybridized carbons (Fsp3) is 0.364. The van der Waals surface area contributed by atoms with E-state index in [4.69, 9.17) is 17.3 Å². The third kappa shape index (κ3) is 4.26. The highest BCUT2D eigenvalue weighted by Crippen LogP contribution is 2.33. The van der Waals surface area contributed by atoms with Gasteiger partial charge in [0.25, 0.3) is 0 Å². The minimum Gasteiger partial charge on any atom is -0.370 e. The van der Waals surface area contributed by atoms with Crippen molar-refractivity contribution in [1.82, 2.24) is 0 Å². The SMILES string of the molecule is NC(=O)CCC(Cl)c1cccc(C(F)(F)F)c1. The van der Waals surface area contributed by atoms with Crippen LogP contribution in [-0.4, -0.2) is 5.91 Å². The minimum atomic E-state index is -4.39. The monoisotopic (exact) mass is 265 g/mol. The maximum absolute atomic E-state index is 12.4. The van der Waals surface area contributed by atoms with Crippen molar-refractivity contribution < 1.29 is 18.0 Å². The first kappa shape index (κ1) is 13.8. The summed E-state index contributed by atoms with van der Waals surface area (Å²) in [5, 5.41) is -0.648. The van der Waals surface area contributed by atoms with Crippen LogP contribution in [-0.2, 0) is 11.0 Å². The number of benzene rings is 1. The average molecular weight is 266 g/mol. The number of carbonyl (C=O) groups is 1. The Kier molecular flexibility index (Phi) is 4.40. The normalized spacial score (nSPS) is 13.4. The number of hydrogen-bond donors (Lipinski definition) is 1. The molecule has 0 radical (unpaired) electrons. The third-order valence-corrected chi connectivity index (χ3v) is 2.69. The average Bonchev–Trinajstić information content (AvgIpc) is 2.25. The Labute approximate surface area is 102 Å². The van der Waals surface area contributed by atoms with Crippen molar-refractivity contribution in [1.29, 1.82) is 0 Å². The lowest BCUT2D eigenvalue weighted by Gasteiger charge is -2.12. The van der Waals surface area contributed by atoms with E-state index in [0.717, 1.165) is 12.1 Å². The third-order valence-electron chi connectivity index (χ3n) is 2.22. The zero-order valence-corrected chi connectivity index (χ0v) is 9.55. The number of amides is 1. The van der Waals surface area contributed by atoms with Crippen LogP contribution in [0.15, 0.2) is 24.3 Å². The lowest BCUT2D eigenvalue weighted by molar-refractivity contribution is -0.137. The summed E-state index contributed by atoms with van der Waals surface area (Å²) in [6, 6.07) is 4.74. The predicted octanol–water partition coefficient (Wildman–Crippen LogP) is 3.25. The van der Waals surface area contributed by atoms with Gasteiger partial charge < -0.3 is 5.73 Å². The number of alkyl halides is 4. The number of rotatable bonds is 4. The van der Waals surface area contributed by atoms with E-state index in [1.54, 1.807) is 0 Å². The highest BCUT2D eigenvalue weighted by atomic mass is 35.5. The van der Waals surface area contributed by atoms with E-state index in [-0.39, 0.29) is 12.8 Å². The van der Waals surface area contributed by atoms with Gasteiger partial charge in [0.1, 0.15) is 0 Å². The Morgan fingerprint density at radius 1 is 1.41 bits per heavy atom. The molecule has 1 amide bonds. The lowest BCUT2D eigenvalue weighted by atomic mass is 10.0. The van der Waals surface area contributed by atoms with Crippen LogP contribution >= 0.6 is 11.6 Å². The molecule has 0 heterocycles. The van der Waals surface area contributed by atoms with Gasteiger partial charge in [-0.15, -0.1) is 11.6 Å². The van der Waals surface area contributed by atoms with Gasteiger partial charge in [0.15, 0.2) is 0 Å². The Bertz CT molecular complexity index is 406. The summed E-state index contributed by atoms with van der Waals surface area (Å²) >= 11 is 5.90. The molecule has 0 aliphatic heterocycles. The molecule has 0 fully saturated rings. The zero-order valence-electron chi connectivity index (χ0n) is 8.80. The molecule has 0 saturated carbocycles. The van der Waals surface area contributed by atoms with Crippen LogP contribution < -0.4 is 5.73 Å². The Morgan fingerprint density at radius 3 is 2.59 bits per heavy atom. The van der Waals surface area contributed by atoms with Gasteiger partial charge in [0, 0.05) is 6.42 Å². The molecule has 1 aromatic rings. The summed E-state index contributed by atoms with van der Waals surface area (Å²) in [5.74, 6) is -0.525. The van der Waals surface area contributed by atoms with E-state index < -0.39 is 23.0 Å². The van der Waals surface area contributed by atoms with Crippen LogP contribution in [0.3, 0.4) is 0 Å². The van der Waals surface area contributed by atoms with Crippen LogP contribution in [0.1, 0.15) is 29.3 Å². The van der Waals surface area contributed by atoms with Crippen LogP contribution in [0.5, 0.6) is 0 Å². The molecule has 1 unspecified atom stereocenters. The van der Waals surface area contributed by atoms with E-state index >= 15 is 0 Å². The molecule has 1 rings (SSSR count). The quantitative estimate of drug-likeness (QED) is 0.835. The highest BCUT2D eigenvalue weighted by molar-refractivity contribution is 6.20.